The molecule has 142 valence electrons. The van der Waals surface area contributed by atoms with E-state index in [0.717, 1.165) is 0 Å². The summed E-state index contributed by atoms with van der Waals surface area (Å²) in [5.41, 5.74) is 0. The third-order valence-electron chi connectivity index (χ3n) is 3.89. The maximum atomic E-state index is 13.0. The minimum absolute atomic E-state index is 0.0190. The normalized spacial score (nSPS) is 17.0. The topological polar surface area (TPSA) is 97.4 Å². The molecule has 4 rings (SSSR count). The monoisotopic (exact) mass is 412 g/mol. The van der Waals surface area contributed by atoms with E-state index in [9.17, 15) is 13.2 Å². The first-order valence-corrected chi connectivity index (χ1v) is 9.74. The zero-order chi connectivity index (χ0) is 19.2. The lowest BCUT2D eigenvalue weighted by molar-refractivity contribution is -0.161. The van der Waals surface area contributed by atoms with Crippen LogP contribution < -0.4 is 18.9 Å². The van der Waals surface area contributed by atoms with Crippen LogP contribution in [0.2, 0.25) is 5.02 Å². The van der Waals surface area contributed by atoms with Gasteiger partial charge in [0.1, 0.15) is 0 Å². The van der Waals surface area contributed by atoms with Crippen LogP contribution in [-0.4, -0.2) is 34.1 Å². The zero-order valence-electron chi connectivity index (χ0n) is 13.9. The van der Waals surface area contributed by atoms with Crippen LogP contribution in [0.5, 0.6) is 23.0 Å². The Bertz CT molecular complexity index is 1030. The van der Waals surface area contributed by atoms with Crippen LogP contribution >= 0.6 is 11.6 Å². The molecule has 2 aliphatic heterocycles. The summed E-state index contributed by atoms with van der Waals surface area (Å²) in [6.45, 7) is 1.83. The lowest BCUT2D eigenvalue weighted by atomic mass is 10.3. The predicted octanol–water partition coefficient (Wildman–Crippen LogP) is 2.56. The molecule has 2 aromatic carbocycles. The Morgan fingerprint density at radius 3 is 2.56 bits per heavy atom. The van der Waals surface area contributed by atoms with E-state index in [1.54, 1.807) is 6.92 Å². The molecule has 1 unspecified atom stereocenters. The molecule has 0 spiro atoms. The molecule has 0 saturated carbocycles. The van der Waals surface area contributed by atoms with E-state index in [-0.39, 0.29) is 39.7 Å². The largest absolute Gasteiger partial charge is 0.460 e. The Balaban J connectivity index is 1.69. The second-order valence-corrected chi connectivity index (χ2v) is 7.89. The van der Waals surface area contributed by atoms with Crippen molar-refractivity contribution in [1.82, 2.24) is 0 Å². The second kappa shape index (κ2) is 6.50. The molecule has 0 radical (unpaired) electrons. The average Bonchev–Trinajstić information content (AvgIpc) is 3.26. The van der Waals surface area contributed by atoms with Gasteiger partial charge >= 0.3 is 12.3 Å². The first-order valence-electron chi connectivity index (χ1n) is 7.88. The Labute approximate surface area is 159 Å². The van der Waals surface area contributed by atoms with Gasteiger partial charge in [-0.2, -0.15) is 0 Å². The molecule has 0 bridgehead atoms. The van der Waals surface area contributed by atoms with Gasteiger partial charge in [0.15, 0.2) is 23.0 Å². The van der Waals surface area contributed by atoms with Crippen molar-refractivity contribution >= 4 is 27.4 Å². The van der Waals surface area contributed by atoms with Crippen molar-refractivity contribution in [2.45, 2.75) is 23.0 Å². The fourth-order valence-corrected chi connectivity index (χ4v) is 4.44. The van der Waals surface area contributed by atoms with Gasteiger partial charge in [-0.05, 0) is 19.1 Å². The van der Waals surface area contributed by atoms with Gasteiger partial charge in [0, 0.05) is 18.2 Å². The van der Waals surface area contributed by atoms with Crippen molar-refractivity contribution in [1.29, 1.82) is 0 Å². The number of hydrogen-bond donors (Lipinski definition) is 0. The first-order chi connectivity index (χ1) is 12.9. The van der Waals surface area contributed by atoms with Gasteiger partial charge < -0.3 is 23.7 Å². The lowest BCUT2D eigenvalue weighted by Gasteiger charge is -2.08. The van der Waals surface area contributed by atoms with E-state index >= 15 is 0 Å². The summed E-state index contributed by atoms with van der Waals surface area (Å²) in [5, 5.41) is -0.0699. The molecular weight excluding hydrogens is 400 g/mol. The van der Waals surface area contributed by atoms with Crippen LogP contribution in [0.4, 0.5) is 0 Å². The molecule has 2 heterocycles. The molecule has 10 heteroatoms. The Hall–Kier alpha value is -2.65. The number of ether oxygens (including phenoxy) is 5. The molecule has 0 saturated heterocycles. The molecule has 2 aromatic rings. The quantitative estimate of drug-likeness (QED) is 0.707. The fraction of sp³-hybridized carbons (Fsp3) is 0.235. The molecule has 0 aromatic heterocycles. The van der Waals surface area contributed by atoms with Crippen molar-refractivity contribution in [3.63, 3.8) is 0 Å². The maximum absolute atomic E-state index is 13.0. The highest BCUT2D eigenvalue weighted by Crippen LogP contribution is 2.43. The summed E-state index contributed by atoms with van der Waals surface area (Å²) in [7, 11) is -3.98. The summed E-state index contributed by atoms with van der Waals surface area (Å²) < 4.78 is 51.9. The van der Waals surface area contributed by atoms with Crippen LogP contribution in [0.1, 0.15) is 6.92 Å². The van der Waals surface area contributed by atoms with E-state index in [4.69, 9.17) is 35.3 Å². The van der Waals surface area contributed by atoms with Gasteiger partial charge in [0.25, 0.3) is 0 Å². The Morgan fingerprint density at radius 1 is 1.11 bits per heavy atom. The van der Waals surface area contributed by atoms with Gasteiger partial charge in [-0.3, -0.25) is 0 Å². The summed E-state index contributed by atoms with van der Waals surface area (Å²) in [4.78, 5) is 11.6. The third kappa shape index (κ3) is 3.02. The van der Waals surface area contributed by atoms with Crippen LogP contribution in [0.3, 0.4) is 0 Å². The molecule has 0 N–H and O–H groups in total. The van der Waals surface area contributed by atoms with Gasteiger partial charge in [-0.25, -0.2) is 13.2 Å². The van der Waals surface area contributed by atoms with E-state index in [2.05, 4.69) is 0 Å². The van der Waals surface area contributed by atoms with Crippen molar-refractivity contribution in [3.8, 4) is 23.0 Å². The highest BCUT2D eigenvalue weighted by Gasteiger charge is 2.35. The van der Waals surface area contributed by atoms with E-state index < -0.39 is 22.1 Å². The Morgan fingerprint density at radius 2 is 1.81 bits per heavy atom. The smallest absolute Gasteiger partial charge is 0.389 e. The standard InChI is InChI=1S/C17H13ClO8S/c1-2-22-16(19)17-25-13-6-10(18)15(7-14(13)26-17)27(20,21)9-3-4-11-12(5-9)24-8-23-11/h3-7,17H,2,8H2,1H3. The number of rotatable bonds is 4. The number of fused-ring (bicyclic) bond motifs is 2. The van der Waals surface area contributed by atoms with Gasteiger partial charge in [0.05, 0.1) is 21.4 Å². The molecule has 2 aliphatic rings. The first kappa shape index (κ1) is 17.7. The van der Waals surface area contributed by atoms with Crippen molar-refractivity contribution in [3.05, 3.63) is 35.4 Å². The van der Waals surface area contributed by atoms with Crippen molar-refractivity contribution in [2.75, 3.05) is 13.4 Å². The van der Waals surface area contributed by atoms with E-state index in [0.29, 0.717) is 11.5 Å². The van der Waals surface area contributed by atoms with E-state index in [1.165, 1.54) is 30.3 Å². The second-order valence-electron chi connectivity index (χ2n) is 5.57. The van der Waals surface area contributed by atoms with E-state index in [1.807, 2.05) is 0 Å². The minimum atomic E-state index is -3.98. The minimum Gasteiger partial charge on any atom is -0.460 e. The highest BCUT2D eigenvalue weighted by atomic mass is 35.5. The summed E-state index contributed by atoms with van der Waals surface area (Å²) in [6.07, 6.45) is -1.31. The molecular formula is C17H13ClO8S. The number of esters is 1. The number of sulfone groups is 1. The van der Waals surface area contributed by atoms with Crippen LogP contribution in [0.25, 0.3) is 0 Å². The SMILES string of the molecule is CCOC(=O)C1Oc2cc(Cl)c(S(=O)(=O)c3ccc4c(c3)OCO4)cc2O1. The number of halogens is 1. The highest BCUT2D eigenvalue weighted by molar-refractivity contribution is 7.91. The predicted molar refractivity (Wildman–Crippen MR) is 91.1 cm³/mol. The van der Waals surface area contributed by atoms with Crippen molar-refractivity contribution in [2.24, 2.45) is 0 Å². The average molecular weight is 413 g/mol. The number of benzene rings is 2. The molecule has 8 nitrogen and oxygen atoms in total. The molecule has 0 amide bonds. The number of hydrogen-bond acceptors (Lipinski definition) is 8. The molecule has 0 fully saturated rings. The molecule has 1 atom stereocenters. The zero-order valence-corrected chi connectivity index (χ0v) is 15.5. The van der Waals surface area contributed by atoms with Crippen LogP contribution in [0, 0.1) is 0 Å². The Kier molecular flexibility index (Phi) is 4.27. The van der Waals surface area contributed by atoms with Crippen LogP contribution in [0.15, 0.2) is 40.1 Å². The van der Waals surface area contributed by atoms with Gasteiger partial charge in [-0.1, -0.05) is 11.6 Å². The summed E-state index contributed by atoms with van der Waals surface area (Å²) in [6, 6.07) is 6.77. The number of carbonyl (C=O) groups is 1. The fourth-order valence-electron chi connectivity index (χ4n) is 2.64. The van der Waals surface area contributed by atoms with Gasteiger partial charge in [0.2, 0.25) is 16.6 Å². The molecule has 27 heavy (non-hydrogen) atoms. The van der Waals surface area contributed by atoms with Gasteiger partial charge in [-0.15, -0.1) is 0 Å². The summed E-state index contributed by atoms with van der Waals surface area (Å²) in [5.74, 6) is 0.308. The van der Waals surface area contributed by atoms with Crippen molar-refractivity contribution < 1.29 is 36.9 Å². The lowest BCUT2D eigenvalue weighted by Crippen LogP contribution is -2.30. The summed E-state index contributed by atoms with van der Waals surface area (Å²) >= 11 is 6.16. The maximum Gasteiger partial charge on any atom is 0.389 e. The molecule has 0 aliphatic carbocycles. The van der Waals surface area contributed by atoms with Crippen LogP contribution in [-0.2, 0) is 19.4 Å². The number of carbonyl (C=O) groups excluding carboxylic acids is 1. The third-order valence-corrected chi connectivity index (χ3v) is 6.11.